The number of carboxylic acids is 1. The smallest absolute Gasteiger partial charge is 0.410 e. The minimum atomic E-state index is -0.982. The van der Waals surface area contributed by atoms with Crippen molar-refractivity contribution in [1.29, 1.82) is 0 Å². The minimum absolute atomic E-state index is 0.224. The molecule has 6 heteroatoms. The molecular formula is C17H24BrNO4. The number of carbonyl (C=O) groups is 2. The molecule has 0 aromatic carbocycles. The number of carboxylic acid groups (broad SMARTS) is 1. The number of carbonyl (C=O) groups excluding carboxylic acids is 1. The highest BCUT2D eigenvalue weighted by Crippen LogP contribution is 2.47. The Bertz CT molecular complexity index is 602. The van der Waals surface area contributed by atoms with E-state index in [-0.39, 0.29) is 12.1 Å². The molecule has 2 aliphatic rings. The highest BCUT2D eigenvalue weighted by atomic mass is 79.9. The lowest BCUT2D eigenvalue weighted by Gasteiger charge is -2.42. The highest BCUT2D eigenvalue weighted by molar-refractivity contribution is 9.11. The number of halogens is 1. The lowest BCUT2D eigenvalue weighted by molar-refractivity contribution is -0.145. The van der Waals surface area contributed by atoms with Crippen LogP contribution in [-0.2, 0) is 9.53 Å². The van der Waals surface area contributed by atoms with E-state index in [1.54, 1.807) is 11.8 Å². The maximum absolute atomic E-state index is 12.4. The molecule has 0 radical (unpaired) electrons. The number of likely N-dealkylation sites (tertiary alicyclic amines) is 1. The predicted octanol–water partition coefficient (Wildman–Crippen LogP) is 4.09. The third-order valence-corrected chi connectivity index (χ3v) is 5.73. The fourth-order valence-electron chi connectivity index (χ4n) is 3.00. The summed E-state index contributed by atoms with van der Waals surface area (Å²) >= 11 is 3.51. The number of rotatable bonds is 1. The van der Waals surface area contributed by atoms with Gasteiger partial charge >= 0.3 is 12.1 Å². The number of aliphatic carboxylic acids is 1. The summed E-state index contributed by atoms with van der Waals surface area (Å²) in [6, 6.07) is -0.224. The van der Waals surface area contributed by atoms with Crippen LogP contribution in [-0.4, -0.2) is 40.3 Å². The Morgan fingerprint density at radius 2 is 2.04 bits per heavy atom. The summed E-state index contributed by atoms with van der Waals surface area (Å²) in [6.45, 7) is 9.71. The Morgan fingerprint density at radius 3 is 2.57 bits per heavy atom. The van der Waals surface area contributed by atoms with Crippen LogP contribution in [0.4, 0.5) is 4.79 Å². The van der Waals surface area contributed by atoms with Gasteiger partial charge in [0, 0.05) is 11.0 Å². The van der Waals surface area contributed by atoms with Gasteiger partial charge in [-0.15, -0.1) is 0 Å². The molecule has 128 valence electrons. The van der Waals surface area contributed by atoms with Gasteiger partial charge in [-0.1, -0.05) is 22.0 Å². The first-order valence-corrected chi connectivity index (χ1v) is 8.59. The molecule has 23 heavy (non-hydrogen) atoms. The van der Waals surface area contributed by atoms with E-state index in [1.807, 2.05) is 33.8 Å². The molecule has 2 rings (SSSR count). The number of hydrogen-bond acceptors (Lipinski definition) is 3. The SMILES string of the molecule is CC1C2=C(Br)C(C)(C(=O)O)CC=C2CCN1C(=O)OC(C)(C)C. The monoisotopic (exact) mass is 385 g/mol. The first-order valence-electron chi connectivity index (χ1n) is 7.80. The summed E-state index contributed by atoms with van der Waals surface area (Å²) in [5.74, 6) is -0.867. The van der Waals surface area contributed by atoms with Gasteiger partial charge in [-0.2, -0.15) is 0 Å². The molecule has 5 nitrogen and oxygen atoms in total. The summed E-state index contributed by atoms with van der Waals surface area (Å²) in [5, 5.41) is 9.57. The largest absolute Gasteiger partial charge is 0.481 e. The summed E-state index contributed by atoms with van der Waals surface area (Å²) in [4.78, 5) is 25.8. The Labute approximate surface area is 145 Å². The van der Waals surface area contributed by atoms with Crippen LogP contribution in [0.3, 0.4) is 0 Å². The van der Waals surface area contributed by atoms with E-state index >= 15 is 0 Å². The van der Waals surface area contributed by atoms with Crippen LogP contribution in [0.25, 0.3) is 0 Å². The van der Waals surface area contributed by atoms with Crippen molar-refractivity contribution in [3.05, 3.63) is 21.7 Å². The molecule has 0 spiro atoms. The number of ether oxygens (including phenoxy) is 1. The van der Waals surface area contributed by atoms with Gasteiger partial charge < -0.3 is 14.7 Å². The van der Waals surface area contributed by atoms with Crippen LogP contribution in [0.2, 0.25) is 0 Å². The van der Waals surface area contributed by atoms with E-state index in [2.05, 4.69) is 15.9 Å². The van der Waals surface area contributed by atoms with E-state index in [9.17, 15) is 14.7 Å². The zero-order valence-corrected chi connectivity index (χ0v) is 15.9. The second-order valence-corrected chi connectivity index (χ2v) is 8.19. The van der Waals surface area contributed by atoms with Gasteiger partial charge in [-0.05, 0) is 58.6 Å². The van der Waals surface area contributed by atoms with Gasteiger partial charge in [0.25, 0.3) is 0 Å². The molecule has 2 atom stereocenters. The van der Waals surface area contributed by atoms with Crippen molar-refractivity contribution in [2.45, 2.75) is 59.1 Å². The van der Waals surface area contributed by atoms with Gasteiger partial charge in [0.05, 0.1) is 6.04 Å². The maximum atomic E-state index is 12.4. The van der Waals surface area contributed by atoms with Crippen LogP contribution in [0.5, 0.6) is 0 Å². The molecule has 2 unspecified atom stereocenters. The van der Waals surface area contributed by atoms with Crippen molar-refractivity contribution in [2.75, 3.05) is 6.54 Å². The fraction of sp³-hybridized carbons (Fsp3) is 0.647. The molecule has 1 heterocycles. The molecule has 1 fully saturated rings. The summed E-state index contributed by atoms with van der Waals surface area (Å²) in [6.07, 6.45) is 2.81. The van der Waals surface area contributed by atoms with Gasteiger partial charge in [0.1, 0.15) is 11.0 Å². The van der Waals surface area contributed by atoms with Crippen molar-refractivity contribution in [2.24, 2.45) is 5.41 Å². The zero-order chi connectivity index (χ0) is 17.6. The van der Waals surface area contributed by atoms with Crippen LogP contribution < -0.4 is 0 Å². The Hall–Kier alpha value is -1.30. The second kappa shape index (κ2) is 5.96. The molecule has 0 aromatic heterocycles. The number of nitrogens with zero attached hydrogens (tertiary/aromatic N) is 1. The Kier molecular flexibility index (Phi) is 4.68. The van der Waals surface area contributed by atoms with Crippen molar-refractivity contribution >= 4 is 28.0 Å². The number of amides is 1. The lowest BCUT2D eigenvalue weighted by Crippen LogP contribution is -2.48. The number of fused-ring (bicyclic) bond motifs is 1. The van der Waals surface area contributed by atoms with E-state index in [4.69, 9.17) is 4.74 Å². The maximum Gasteiger partial charge on any atom is 0.410 e. The summed E-state index contributed by atoms with van der Waals surface area (Å²) in [7, 11) is 0. The zero-order valence-electron chi connectivity index (χ0n) is 14.3. The third-order valence-electron chi connectivity index (χ3n) is 4.43. The molecule has 0 aromatic rings. The van der Waals surface area contributed by atoms with Gasteiger partial charge in [-0.3, -0.25) is 4.79 Å². The van der Waals surface area contributed by atoms with Crippen LogP contribution in [0.1, 0.15) is 47.5 Å². The molecule has 1 aliphatic heterocycles. The first kappa shape index (κ1) is 18.0. The molecule has 0 saturated carbocycles. The predicted molar refractivity (Wildman–Crippen MR) is 91.4 cm³/mol. The van der Waals surface area contributed by atoms with Crippen molar-refractivity contribution in [3.8, 4) is 0 Å². The summed E-state index contributed by atoms with van der Waals surface area (Å²) in [5.41, 5.74) is 0.492. The molecule has 1 amide bonds. The van der Waals surface area contributed by atoms with Crippen LogP contribution in [0.15, 0.2) is 21.7 Å². The van der Waals surface area contributed by atoms with Crippen molar-refractivity contribution < 1.29 is 19.4 Å². The molecule has 1 N–H and O–H groups in total. The van der Waals surface area contributed by atoms with E-state index in [1.165, 1.54) is 0 Å². The van der Waals surface area contributed by atoms with Crippen LogP contribution in [0, 0.1) is 5.41 Å². The average molecular weight is 386 g/mol. The molecule has 1 aliphatic carbocycles. The van der Waals surface area contributed by atoms with Gasteiger partial charge in [0.2, 0.25) is 0 Å². The Balaban J connectivity index is 2.35. The third kappa shape index (κ3) is 3.32. The number of piperidine rings is 1. The van der Waals surface area contributed by atoms with Crippen molar-refractivity contribution in [3.63, 3.8) is 0 Å². The topological polar surface area (TPSA) is 66.8 Å². The standard InChI is InChI=1S/C17H24BrNO4/c1-10-12-11(6-8-17(5,13(12)18)14(20)21)7-9-19(10)15(22)23-16(2,3)4/h6,10H,7-9H2,1-5H3,(H,20,21). The minimum Gasteiger partial charge on any atom is -0.481 e. The first-order chi connectivity index (χ1) is 10.5. The highest BCUT2D eigenvalue weighted by Gasteiger charge is 2.44. The van der Waals surface area contributed by atoms with E-state index in [0.29, 0.717) is 23.9 Å². The van der Waals surface area contributed by atoms with Gasteiger partial charge in [0.15, 0.2) is 0 Å². The summed E-state index contributed by atoms with van der Waals surface area (Å²) < 4.78 is 6.14. The number of hydrogen-bond donors (Lipinski definition) is 1. The van der Waals surface area contributed by atoms with E-state index < -0.39 is 17.0 Å². The van der Waals surface area contributed by atoms with Gasteiger partial charge in [-0.25, -0.2) is 4.79 Å². The normalized spacial score (nSPS) is 28.2. The number of allylic oxidation sites excluding steroid dienone is 1. The van der Waals surface area contributed by atoms with Crippen LogP contribution >= 0.6 is 15.9 Å². The average Bonchev–Trinajstić information content (AvgIpc) is 2.40. The molecule has 0 bridgehead atoms. The quantitative estimate of drug-likeness (QED) is 0.737. The molecule has 1 saturated heterocycles. The molecular weight excluding hydrogens is 362 g/mol. The fourth-order valence-corrected chi connectivity index (χ4v) is 3.91. The lowest BCUT2D eigenvalue weighted by atomic mass is 9.75. The van der Waals surface area contributed by atoms with E-state index in [0.717, 1.165) is 11.1 Å². The van der Waals surface area contributed by atoms with Crippen molar-refractivity contribution in [1.82, 2.24) is 4.90 Å². The Morgan fingerprint density at radius 1 is 1.43 bits per heavy atom. The second-order valence-electron chi connectivity index (χ2n) is 7.40.